The fourth-order valence-electron chi connectivity index (χ4n) is 2.55. The van der Waals surface area contributed by atoms with Gasteiger partial charge >= 0.3 is 0 Å². The first kappa shape index (κ1) is 17.2. The van der Waals surface area contributed by atoms with Crippen LogP contribution in [0.2, 0.25) is 0 Å². The number of thiophene rings is 1. The quantitative estimate of drug-likeness (QED) is 0.708. The summed E-state index contributed by atoms with van der Waals surface area (Å²) >= 11 is 1.73. The smallest absolute Gasteiger partial charge is 0.254 e. The SMILES string of the molecule is Cc1ccsc1CNc1cccc(C(=O)N(C)C(C)c2ccon2)c1. The first-order chi connectivity index (χ1) is 12.1. The molecule has 2 heterocycles. The van der Waals surface area contributed by atoms with Crippen LogP contribution in [0.5, 0.6) is 0 Å². The van der Waals surface area contributed by atoms with Crippen LogP contribution >= 0.6 is 11.3 Å². The maximum absolute atomic E-state index is 12.8. The van der Waals surface area contributed by atoms with Gasteiger partial charge in [0.05, 0.1) is 6.04 Å². The van der Waals surface area contributed by atoms with E-state index in [1.165, 1.54) is 16.7 Å². The molecule has 1 atom stereocenters. The number of nitrogens with zero attached hydrogens (tertiary/aromatic N) is 2. The summed E-state index contributed by atoms with van der Waals surface area (Å²) in [5.41, 5.74) is 3.59. The molecule has 1 amide bonds. The summed E-state index contributed by atoms with van der Waals surface area (Å²) in [4.78, 5) is 15.7. The zero-order chi connectivity index (χ0) is 17.8. The molecule has 0 saturated carbocycles. The second-order valence-corrected chi connectivity index (χ2v) is 6.98. The van der Waals surface area contributed by atoms with Gasteiger partial charge in [-0.3, -0.25) is 4.79 Å². The highest BCUT2D eigenvalue weighted by Gasteiger charge is 2.21. The number of nitrogens with one attached hydrogen (secondary N) is 1. The number of carbonyl (C=O) groups excluding carboxylic acids is 1. The fraction of sp³-hybridized carbons (Fsp3) is 0.263. The van der Waals surface area contributed by atoms with Gasteiger partial charge in [-0.05, 0) is 49.1 Å². The number of benzene rings is 1. The zero-order valence-electron chi connectivity index (χ0n) is 14.5. The highest BCUT2D eigenvalue weighted by molar-refractivity contribution is 7.10. The largest absolute Gasteiger partial charge is 0.380 e. The molecule has 3 aromatic rings. The van der Waals surface area contributed by atoms with Gasteiger partial charge in [-0.1, -0.05) is 11.2 Å². The van der Waals surface area contributed by atoms with Crippen molar-refractivity contribution < 1.29 is 9.32 Å². The molecule has 1 aromatic carbocycles. The molecule has 0 fully saturated rings. The van der Waals surface area contributed by atoms with E-state index in [2.05, 4.69) is 28.8 Å². The average Bonchev–Trinajstić information content (AvgIpc) is 3.30. The Morgan fingerprint density at radius 1 is 1.36 bits per heavy atom. The molecule has 2 aromatic heterocycles. The molecule has 0 spiro atoms. The molecule has 130 valence electrons. The molecule has 3 rings (SSSR count). The van der Waals surface area contributed by atoms with E-state index in [1.807, 2.05) is 31.2 Å². The van der Waals surface area contributed by atoms with Crippen LogP contribution in [-0.4, -0.2) is 23.0 Å². The van der Waals surface area contributed by atoms with Gasteiger partial charge in [-0.15, -0.1) is 11.3 Å². The Kier molecular flexibility index (Phi) is 5.19. The predicted octanol–water partition coefficient (Wildman–Crippen LogP) is 4.49. The molecule has 1 unspecified atom stereocenters. The van der Waals surface area contributed by atoms with Crippen LogP contribution in [0.1, 0.15) is 39.5 Å². The first-order valence-electron chi connectivity index (χ1n) is 8.10. The summed E-state index contributed by atoms with van der Waals surface area (Å²) in [5.74, 6) is -0.0496. The van der Waals surface area contributed by atoms with Gasteiger partial charge in [0, 0.05) is 35.8 Å². The Balaban J connectivity index is 1.70. The van der Waals surface area contributed by atoms with Crippen LogP contribution < -0.4 is 5.32 Å². The summed E-state index contributed by atoms with van der Waals surface area (Å²) in [6.45, 7) is 4.79. The summed E-state index contributed by atoms with van der Waals surface area (Å²) < 4.78 is 4.87. The lowest BCUT2D eigenvalue weighted by atomic mass is 10.1. The number of hydrogen-bond donors (Lipinski definition) is 1. The molecule has 25 heavy (non-hydrogen) atoms. The van der Waals surface area contributed by atoms with Crippen molar-refractivity contribution in [1.82, 2.24) is 10.1 Å². The Morgan fingerprint density at radius 2 is 2.20 bits per heavy atom. The summed E-state index contributed by atoms with van der Waals surface area (Å²) in [6.07, 6.45) is 1.52. The van der Waals surface area contributed by atoms with E-state index in [0.29, 0.717) is 5.56 Å². The third kappa shape index (κ3) is 3.91. The topological polar surface area (TPSA) is 58.4 Å². The molecule has 1 N–H and O–H groups in total. The Bertz CT molecular complexity index is 842. The number of aryl methyl sites for hydroxylation is 1. The second kappa shape index (κ2) is 7.53. The summed E-state index contributed by atoms with van der Waals surface area (Å²) in [5, 5.41) is 9.40. The minimum Gasteiger partial charge on any atom is -0.380 e. The minimum atomic E-state index is -0.156. The van der Waals surface area contributed by atoms with Crippen molar-refractivity contribution >= 4 is 22.9 Å². The van der Waals surface area contributed by atoms with Crippen molar-refractivity contribution in [3.05, 3.63) is 69.7 Å². The highest BCUT2D eigenvalue weighted by atomic mass is 32.1. The van der Waals surface area contributed by atoms with E-state index in [9.17, 15) is 4.79 Å². The van der Waals surface area contributed by atoms with Gasteiger partial charge < -0.3 is 14.7 Å². The summed E-state index contributed by atoms with van der Waals surface area (Å²) in [6, 6.07) is 11.3. The van der Waals surface area contributed by atoms with Crippen LogP contribution in [-0.2, 0) is 6.54 Å². The van der Waals surface area contributed by atoms with E-state index in [-0.39, 0.29) is 11.9 Å². The van der Waals surface area contributed by atoms with Crippen molar-refractivity contribution in [3.8, 4) is 0 Å². The number of hydrogen-bond acceptors (Lipinski definition) is 5. The number of rotatable bonds is 6. The number of aromatic nitrogens is 1. The van der Waals surface area contributed by atoms with Gasteiger partial charge in [0.2, 0.25) is 0 Å². The molecule has 0 aliphatic heterocycles. The van der Waals surface area contributed by atoms with Crippen molar-refractivity contribution in [1.29, 1.82) is 0 Å². The Hall–Kier alpha value is -2.60. The van der Waals surface area contributed by atoms with E-state index in [0.717, 1.165) is 17.9 Å². The minimum absolute atomic E-state index is 0.0496. The van der Waals surface area contributed by atoms with Crippen molar-refractivity contribution in [2.75, 3.05) is 12.4 Å². The summed E-state index contributed by atoms with van der Waals surface area (Å²) in [7, 11) is 1.77. The van der Waals surface area contributed by atoms with E-state index in [1.54, 1.807) is 29.4 Å². The van der Waals surface area contributed by atoms with Gasteiger partial charge in [0.1, 0.15) is 12.0 Å². The molecular formula is C19H21N3O2S. The molecule has 0 bridgehead atoms. The van der Waals surface area contributed by atoms with Gasteiger partial charge in [0.15, 0.2) is 0 Å². The second-order valence-electron chi connectivity index (χ2n) is 5.98. The van der Waals surface area contributed by atoms with Gasteiger partial charge in [-0.2, -0.15) is 0 Å². The maximum Gasteiger partial charge on any atom is 0.254 e. The molecule has 0 radical (unpaired) electrons. The van der Waals surface area contributed by atoms with Crippen LogP contribution in [0.4, 0.5) is 5.69 Å². The van der Waals surface area contributed by atoms with E-state index in [4.69, 9.17) is 4.52 Å². The normalized spacial score (nSPS) is 12.0. The number of carbonyl (C=O) groups is 1. The molecular weight excluding hydrogens is 334 g/mol. The molecule has 0 aliphatic carbocycles. The molecule has 0 aliphatic rings. The van der Waals surface area contributed by atoms with Crippen molar-refractivity contribution in [2.45, 2.75) is 26.4 Å². The van der Waals surface area contributed by atoms with E-state index >= 15 is 0 Å². The maximum atomic E-state index is 12.8. The van der Waals surface area contributed by atoms with Crippen molar-refractivity contribution in [2.24, 2.45) is 0 Å². The lowest BCUT2D eigenvalue weighted by Crippen LogP contribution is -2.29. The monoisotopic (exact) mass is 355 g/mol. The van der Waals surface area contributed by atoms with Crippen LogP contribution in [0.15, 0.2) is 52.6 Å². The van der Waals surface area contributed by atoms with Gasteiger partial charge in [-0.25, -0.2) is 0 Å². The van der Waals surface area contributed by atoms with Gasteiger partial charge in [0.25, 0.3) is 5.91 Å². The number of amides is 1. The first-order valence-corrected chi connectivity index (χ1v) is 8.98. The zero-order valence-corrected chi connectivity index (χ0v) is 15.3. The average molecular weight is 355 g/mol. The van der Waals surface area contributed by atoms with Crippen LogP contribution in [0.3, 0.4) is 0 Å². The van der Waals surface area contributed by atoms with E-state index < -0.39 is 0 Å². The Labute approximate surface area is 151 Å². The Morgan fingerprint density at radius 3 is 2.88 bits per heavy atom. The van der Waals surface area contributed by atoms with Crippen molar-refractivity contribution in [3.63, 3.8) is 0 Å². The number of anilines is 1. The lowest BCUT2D eigenvalue weighted by Gasteiger charge is -2.23. The predicted molar refractivity (Wildman–Crippen MR) is 99.8 cm³/mol. The lowest BCUT2D eigenvalue weighted by molar-refractivity contribution is 0.0737. The van der Waals surface area contributed by atoms with Crippen LogP contribution in [0, 0.1) is 6.92 Å². The molecule has 0 saturated heterocycles. The fourth-order valence-corrected chi connectivity index (χ4v) is 3.39. The molecule has 5 nitrogen and oxygen atoms in total. The molecule has 6 heteroatoms. The van der Waals surface area contributed by atoms with Crippen LogP contribution in [0.25, 0.3) is 0 Å². The third-order valence-electron chi connectivity index (χ3n) is 4.32. The highest BCUT2D eigenvalue weighted by Crippen LogP contribution is 2.22. The standard InChI is InChI=1S/C19H21N3O2S/c1-13-8-10-25-18(13)12-20-16-6-4-5-15(11-16)19(23)22(3)14(2)17-7-9-24-21-17/h4-11,14,20H,12H2,1-3H3. The third-order valence-corrected chi connectivity index (χ3v) is 5.34.